The average Bonchev–Trinajstić information content (AvgIpc) is 3.12. The van der Waals surface area contributed by atoms with Gasteiger partial charge in [-0.25, -0.2) is 0 Å². The number of rotatable bonds is 7. The van der Waals surface area contributed by atoms with Crippen LogP contribution in [0.5, 0.6) is 5.75 Å². The van der Waals surface area contributed by atoms with Gasteiger partial charge < -0.3 is 24.7 Å². The fraction of sp³-hybridized carbons (Fsp3) is 0.667. The third-order valence-corrected chi connectivity index (χ3v) is 6.14. The van der Waals surface area contributed by atoms with E-state index in [0.717, 1.165) is 50.3 Å². The summed E-state index contributed by atoms with van der Waals surface area (Å²) < 4.78 is 5.16. The van der Waals surface area contributed by atoms with Gasteiger partial charge in [-0.1, -0.05) is 12.1 Å². The standard InChI is InChI=1S/C21H32N2O4/c1-27-20-4-2-16(3-5-20)10-21(26)23-12-18(19(13-23)15-25)11-22-8-6-17(14-24)7-9-22/h2-5,17-19,24-25H,6-15H2,1H3/t18-,19-/m1/s1. The van der Waals surface area contributed by atoms with E-state index < -0.39 is 0 Å². The second-order valence-electron chi connectivity index (χ2n) is 7.95. The van der Waals surface area contributed by atoms with E-state index in [4.69, 9.17) is 4.74 Å². The molecule has 2 fully saturated rings. The van der Waals surface area contributed by atoms with E-state index in [1.54, 1.807) is 7.11 Å². The van der Waals surface area contributed by atoms with Gasteiger partial charge in [-0.2, -0.15) is 0 Å². The molecule has 1 aromatic rings. The molecule has 1 aromatic carbocycles. The molecule has 0 aromatic heterocycles. The minimum absolute atomic E-state index is 0.125. The van der Waals surface area contributed by atoms with Crippen molar-refractivity contribution < 1.29 is 19.7 Å². The smallest absolute Gasteiger partial charge is 0.227 e. The molecule has 2 saturated heterocycles. The highest BCUT2D eigenvalue weighted by molar-refractivity contribution is 5.79. The number of aliphatic hydroxyl groups is 2. The Kier molecular flexibility index (Phi) is 7.10. The molecule has 2 aliphatic rings. The number of piperidine rings is 1. The Bertz CT molecular complexity index is 599. The predicted octanol–water partition coefficient (Wildman–Crippen LogP) is 1.01. The van der Waals surface area contributed by atoms with Gasteiger partial charge in [0.25, 0.3) is 0 Å². The molecule has 0 spiro atoms. The Balaban J connectivity index is 1.52. The van der Waals surface area contributed by atoms with E-state index in [0.29, 0.717) is 24.8 Å². The second-order valence-corrected chi connectivity index (χ2v) is 7.95. The van der Waals surface area contributed by atoms with Gasteiger partial charge in [0.15, 0.2) is 0 Å². The van der Waals surface area contributed by atoms with Crippen molar-refractivity contribution >= 4 is 5.91 Å². The number of ether oxygens (including phenoxy) is 1. The largest absolute Gasteiger partial charge is 0.497 e. The summed E-state index contributed by atoms with van der Waals surface area (Å²) in [5.41, 5.74) is 0.982. The highest BCUT2D eigenvalue weighted by Gasteiger charge is 2.36. The highest BCUT2D eigenvalue weighted by atomic mass is 16.5. The van der Waals surface area contributed by atoms with E-state index in [1.807, 2.05) is 29.2 Å². The van der Waals surface area contributed by atoms with E-state index in [2.05, 4.69) is 4.90 Å². The van der Waals surface area contributed by atoms with E-state index >= 15 is 0 Å². The van der Waals surface area contributed by atoms with Crippen molar-refractivity contribution in [3.05, 3.63) is 29.8 Å². The summed E-state index contributed by atoms with van der Waals surface area (Å²) in [5.74, 6) is 1.82. The molecule has 3 rings (SSSR count). The molecule has 2 aliphatic heterocycles. The Morgan fingerprint density at radius 1 is 1.07 bits per heavy atom. The molecule has 27 heavy (non-hydrogen) atoms. The number of hydrogen-bond donors (Lipinski definition) is 2. The zero-order chi connectivity index (χ0) is 19.2. The number of carbonyl (C=O) groups excluding carboxylic acids is 1. The van der Waals surface area contributed by atoms with Crippen LogP contribution in [0.2, 0.25) is 0 Å². The van der Waals surface area contributed by atoms with Crippen LogP contribution in [0.3, 0.4) is 0 Å². The first-order chi connectivity index (χ1) is 13.1. The molecule has 2 heterocycles. The zero-order valence-corrected chi connectivity index (χ0v) is 16.2. The molecule has 0 saturated carbocycles. The van der Waals surface area contributed by atoms with Crippen molar-refractivity contribution in [2.45, 2.75) is 19.3 Å². The Morgan fingerprint density at radius 3 is 2.33 bits per heavy atom. The minimum atomic E-state index is 0.125. The maximum Gasteiger partial charge on any atom is 0.227 e. The number of nitrogens with zero attached hydrogens (tertiary/aromatic N) is 2. The molecule has 2 N–H and O–H groups in total. The first kappa shape index (κ1) is 20.1. The molecule has 6 heteroatoms. The third-order valence-electron chi connectivity index (χ3n) is 6.14. The maximum absolute atomic E-state index is 12.7. The Morgan fingerprint density at radius 2 is 1.74 bits per heavy atom. The van der Waals surface area contributed by atoms with Gasteiger partial charge in [0.1, 0.15) is 5.75 Å². The molecule has 150 valence electrons. The molecule has 0 bridgehead atoms. The topological polar surface area (TPSA) is 73.2 Å². The summed E-state index contributed by atoms with van der Waals surface area (Å²) in [5, 5.41) is 19.1. The summed E-state index contributed by atoms with van der Waals surface area (Å²) in [6.45, 7) is 4.70. The van der Waals surface area contributed by atoms with E-state index in [9.17, 15) is 15.0 Å². The lowest BCUT2D eigenvalue weighted by Crippen LogP contribution is -2.40. The van der Waals surface area contributed by atoms with Crippen LogP contribution in [0.1, 0.15) is 18.4 Å². The number of hydrogen-bond acceptors (Lipinski definition) is 5. The fourth-order valence-electron chi connectivity index (χ4n) is 4.27. The lowest BCUT2D eigenvalue weighted by molar-refractivity contribution is -0.129. The molecular weight excluding hydrogens is 344 g/mol. The van der Waals surface area contributed by atoms with Gasteiger partial charge in [-0.05, 0) is 55.5 Å². The second kappa shape index (κ2) is 9.53. The van der Waals surface area contributed by atoms with Crippen LogP contribution < -0.4 is 4.74 Å². The van der Waals surface area contributed by atoms with Crippen LogP contribution in [-0.2, 0) is 11.2 Å². The fourth-order valence-corrected chi connectivity index (χ4v) is 4.27. The number of aliphatic hydroxyl groups excluding tert-OH is 2. The van der Waals surface area contributed by atoms with Gasteiger partial charge in [0, 0.05) is 38.8 Å². The van der Waals surface area contributed by atoms with Crippen LogP contribution in [-0.4, -0.2) is 79.0 Å². The lowest BCUT2D eigenvalue weighted by Gasteiger charge is -2.33. The van der Waals surface area contributed by atoms with Gasteiger partial charge in [0.2, 0.25) is 5.91 Å². The van der Waals surface area contributed by atoms with Crippen molar-refractivity contribution in [1.82, 2.24) is 9.80 Å². The monoisotopic (exact) mass is 376 g/mol. The van der Waals surface area contributed by atoms with Gasteiger partial charge >= 0.3 is 0 Å². The van der Waals surface area contributed by atoms with E-state index in [1.165, 1.54) is 0 Å². The summed E-state index contributed by atoms with van der Waals surface area (Å²) in [7, 11) is 1.63. The molecular formula is C21H32N2O4. The summed E-state index contributed by atoms with van der Waals surface area (Å²) in [4.78, 5) is 17.1. The van der Waals surface area contributed by atoms with Crippen LogP contribution in [0.25, 0.3) is 0 Å². The highest BCUT2D eigenvalue weighted by Crippen LogP contribution is 2.27. The van der Waals surface area contributed by atoms with Gasteiger partial charge in [-0.15, -0.1) is 0 Å². The van der Waals surface area contributed by atoms with Crippen LogP contribution in [0, 0.1) is 17.8 Å². The predicted molar refractivity (Wildman–Crippen MR) is 104 cm³/mol. The normalized spacial score (nSPS) is 24.3. The summed E-state index contributed by atoms with van der Waals surface area (Å²) in [6.07, 6.45) is 2.46. The van der Waals surface area contributed by atoms with Crippen LogP contribution in [0.4, 0.5) is 0 Å². The lowest BCUT2D eigenvalue weighted by atomic mass is 9.93. The molecule has 2 atom stereocenters. The van der Waals surface area contributed by atoms with Crippen molar-refractivity contribution in [3.63, 3.8) is 0 Å². The Labute approximate surface area is 161 Å². The summed E-state index contributed by atoms with van der Waals surface area (Å²) >= 11 is 0. The van der Waals surface area contributed by atoms with Crippen molar-refractivity contribution in [3.8, 4) is 5.75 Å². The minimum Gasteiger partial charge on any atom is -0.497 e. The number of amides is 1. The first-order valence-electron chi connectivity index (χ1n) is 9.97. The van der Waals surface area contributed by atoms with Crippen molar-refractivity contribution in [2.24, 2.45) is 17.8 Å². The van der Waals surface area contributed by atoms with Crippen LogP contribution >= 0.6 is 0 Å². The average molecular weight is 376 g/mol. The van der Waals surface area contributed by atoms with Crippen molar-refractivity contribution in [1.29, 1.82) is 0 Å². The van der Waals surface area contributed by atoms with Gasteiger partial charge in [-0.3, -0.25) is 4.79 Å². The molecule has 0 radical (unpaired) electrons. The molecule has 6 nitrogen and oxygen atoms in total. The van der Waals surface area contributed by atoms with Crippen molar-refractivity contribution in [2.75, 3.05) is 53.0 Å². The molecule has 0 aliphatic carbocycles. The first-order valence-corrected chi connectivity index (χ1v) is 9.97. The quantitative estimate of drug-likeness (QED) is 0.743. The van der Waals surface area contributed by atoms with Gasteiger partial charge in [0.05, 0.1) is 13.5 Å². The number of carbonyl (C=O) groups is 1. The number of benzene rings is 1. The molecule has 0 unspecified atom stereocenters. The molecule has 1 amide bonds. The SMILES string of the molecule is COc1ccc(CC(=O)N2C[C@@H](CN3CCC(CO)CC3)[C@@H](CO)C2)cc1. The van der Waals surface area contributed by atoms with E-state index in [-0.39, 0.29) is 25.0 Å². The third kappa shape index (κ3) is 5.21. The Hall–Kier alpha value is -1.63. The summed E-state index contributed by atoms with van der Waals surface area (Å²) in [6, 6.07) is 7.61. The zero-order valence-electron chi connectivity index (χ0n) is 16.2. The van der Waals surface area contributed by atoms with Crippen LogP contribution in [0.15, 0.2) is 24.3 Å². The number of likely N-dealkylation sites (tertiary alicyclic amines) is 2. The number of methoxy groups -OCH3 is 1. The maximum atomic E-state index is 12.7.